The molecular weight excluding hydrogens is 228 g/mol. The van der Waals surface area contributed by atoms with Crippen LogP contribution in [0.15, 0.2) is 0 Å². The van der Waals surface area contributed by atoms with Crippen LogP contribution < -0.4 is 0 Å². The molecule has 0 aliphatic rings. The van der Waals surface area contributed by atoms with E-state index in [9.17, 15) is 0 Å². The molecule has 86 valence electrons. The highest BCUT2D eigenvalue weighted by Crippen LogP contribution is 2.28. The van der Waals surface area contributed by atoms with Gasteiger partial charge in [-0.25, -0.2) is 0 Å². The van der Waals surface area contributed by atoms with Crippen LogP contribution in [-0.2, 0) is 0 Å². The first-order valence-electron chi connectivity index (χ1n) is 5.69. The lowest BCUT2D eigenvalue weighted by molar-refractivity contribution is 0.889. The van der Waals surface area contributed by atoms with Gasteiger partial charge in [0.2, 0.25) is 0 Å². The van der Waals surface area contributed by atoms with Gasteiger partial charge in [-0.05, 0) is 36.5 Å². The quantitative estimate of drug-likeness (QED) is 0.340. The molecule has 0 radical (unpaired) electrons. The maximum Gasteiger partial charge on any atom is 0.0510 e. The van der Waals surface area contributed by atoms with Gasteiger partial charge in [0.15, 0.2) is 0 Å². The third kappa shape index (κ3) is 9.60. The van der Waals surface area contributed by atoms with E-state index in [-0.39, 0.29) is 0 Å². The summed E-state index contributed by atoms with van der Waals surface area (Å²) in [4.78, 5) is 0. The Labute approximate surface area is 104 Å². The molecule has 0 aromatic rings. The molecule has 0 N–H and O–H groups in total. The van der Waals surface area contributed by atoms with Gasteiger partial charge in [0, 0.05) is 0 Å². The standard InChI is InChI=1S/C11H24S3/c1-3-5-9-13-11(7-8-12)14-10-6-4-2/h11-12H,3-10H2,1-2H3. The van der Waals surface area contributed by atoms with Crippen molar-refractivity contribution >= 4 is 36.2 Å². The van der Waals surface area contributed by atoms with E-state index in [2.05, 4.69) is 50.0 Å². The molecule has 0 fully saturated rings. The topological polar surface area (TPSA) is 0 Å². The SMILES string of the molecule is CCCCSC(CCS)SCCCC. The van der Waals surface area contributed by atoms with Crippen LogP contribution in [-0.4, -0.2) is 21.8 Å². The van der Waals surface area contributed by atoms with Crippen LogP contribution in [0.4, 0.5) is 0 Å². The smallest absolute Gasteiger partial charge is 0.0510 e. The molecule has 0 heterocycles. The summed E-state index contributed by atoms with van der Waals surface area (Å²) in [5.74, 6) is 3.69. The number of rotatable bonds is 10. The highest BCUT2D eigenvalue weighted by molar-refractivity contribution is 8.17. The molecule has 0 aromatic carbocycles. The van der Waals surface area contributed by atoms with Crippen molar-refractivity contribution in [2.45, 2.75) is 50.5 Å². The number of thioether (sulfide) groups is 2. The minimum absolute atomic E-state index is 0.797. The van der Waals surface area contributed by atoms with Crippen molar-refractivity contribution in [3.8, 4) is 0 Å². The number of unbranched alkanes of at least 4 members (excludes halogenated alkanes) is 2. The van der Waals surface area contributed by atoms with E-state index < -0.39 is 0 Å². The van der Waals surface area contributed by atoms with Crippen molar-refractivity contribution in [1.82, 2.24) is 0 Å². The molecule has 0 bridgehead atoms. The summed E-state index contributed by atoms with van der Waals surface area (Å²) in [6.07, 6.45) is 6.62. The molecule has 0 aliphatic heterocycles. The molecule has 14 heavy (non-hydrogen) atoms. The van der Waals surface area contributed by atoms with Crippen LogP contribution in [0.25, 0.3) is 0 Å². The predicted octanol–water partition coefficient (Wildman–Crippen LogP) is 4.70. The molecule has 0 amide bonds. The van der Waals surface area contributed by atoms with Crippen LogP contribution in [0, 0.1) is 0 Å². The van der Waals surface area contributed by atoms with Gasteiger partial charge in [-0.15, -0.1) is 23.5 Å². The van der Waals surface area contributed by atoms with Crippen LogP contribution >= 0.6 is 36.2 Å². The van der Waals surface area contributed by atoms with Crippen molar-refractivity contribution in [3.63, 3.8) is 0 Å². The lowest BCUT2D eigenvalue weighted by Gasteiger charge is -2.14. The normalized spacial score (nSPS) is 11.1. The summed E-state index contributed by atoms with van der Waals surface area (Å²) >= 11 is 8.59. The summed E-state index contributed by atoms with van der Waals surface area (Å²) in [7, 11) is 0. The third-order valence-electron chi connectivity index (χ3n) is 1.97. The van der Waals surface area contributed by atoms with E-state index in [1.165, 1.54) is 43.6 Å². The van der Waals surface area contributed by atoms with E-state index in [4.69, 9.17) is 0 Å². The second-order valence-corrected chi connectivity index (χ2v) is 6.76. The summed E-state index contributed by atoms with van der Waals surface area (Å²) in [6.45, 7) is 4.52. The lowest BCUT2D eigenvalue weighted by Crippen LogP contribution is -2.01. The number of hydrogen-bond acceptors (Lipinski definition) is 3. The van der Waals surface area contributed by atoms with Crippen LogP contribution in [0.3, 0.4) is 0 Å². The molecule has 0 aliphatic carbocycles. The predicted molar refractivity (Wildman–Crippen MR) is 77.0 cm³/mol. The lowest BCUT2D eigenvalue weighted by atomic mass is 10.4. The van der Waals surface area contributed by atoms with E-state index in [1.54, 1.807) is 0 Å². The second kappa shape index (κ2) is 12.1. The van der Waals surface area contributed by atoms with Crippen molar-refractivity contribution < 1.29 is 0 Å². The zero-order valence-corrected chi connectivity index (χ0v) is 12.0. The average molecular weight is 253 g/mol. The van der Waals surface area contributed by atoms with E-state index >= 15 is 0 Å². The van der Waals surface area contributed by atoms with Crippen molar-refractivity contribution in [1.29, 1.82) is 0 Å². The molecule has 0 aromatic heterocycles. The maximum atomic E-state index is 4.32. The van der Waals surface area contributed by atoms with Gasteiger partial charge in [0.1, 0.15) is 0 Å². The van der Waals surface area contributed by atoms with Crippen LogP contribution in [0.2, 0.25) is 0 Å². The minimum atomic E-state index is 0.797. The maximum absolute atomic E-state index is 4.32. The largest absolute Gasteiger partial charge is 0.179 e. The molecule has 0 unspecified atom stereocenters. The van der Waals surface area contributed by atoms with Gasteiger partial charge in [0.25, 0.3) is 0 Å². The molecule has 0 spiro atoms. The Hall–Kier alpha value is 1.05. The van der Waals surface area contributed by atoms with Gasteiger partial charge >= 0.3 is 0 Å². The zero-order valence-electron chi connectivity index (χ0n) is 9.50. The molecule has 0 rings (SSSR count). The first-order valence-corrected chi connectivity index (χ1v) is 8.42. The first kappa shape index (κ1) is 15.0. The number of thiol groups is 1. The van der Waals surface area contributed by atoms with Crippen LogP contribution in [0.5, 0.6) is 0 Å². The highest BCUT2D eigenvalue weighted by Gasteiger charge is 2.07. The second-order valence-electron chi connectivity index (χ2n) is 3.39. The Balaban J connectivity index is 3.44. The number of hydrogen-bond donors (Lipinski definition) is 1. The zero-order chi connectivity index (χ0) is 10.6. The Morgan fingerprint density at radius 1 is 1.00 bits per heavy atom. The van der Waals surface area contributed by atoms with Gasteiger partial charge in [-0.1, -0.05) is 26.7 Å². The summed E-state index contributed by atoms with van der Waals surface area (Å²) in [5, 5.41) is 0. The first-order chi connectivity index (χ1) is 6.85. The van der Waals surface area contributed by atoms with E-state index in [0.29, 0.717) is 0 Å². The summed E-state index contributed by atoms with van der Waals surface area (Å²) < 4.78 is 0.797. The van der Waals surface area contributed by atoms with E-state index in [1.807, 2.05) is 0 Å². The minimum Gasteiger partial charge on any atom is -0.179 e. The van der Waals surface area contributed by atoms with Crippen molar-refractivity contribution in [2.24, 2.45) is 0 Å². The van der Waals surface area contributed by atoms with E-state index in [0.717, 1.165) is 10.3 Å². The van der Waals surface area contributed by atoms with Gasteiger partial charge in [-0.3, -0.25) is 0 Å². The molecule has 0 nitrogen and oxygen atoms in total. The molecule has 0 saturated heterocycles. The van der Waals surface area contributed by atoms with Gasteiger partial charge < -0.3 is 0 Å². The summed E-state index contributed by atoms with van der Waals surface area (Å²) in [6, 6.07) is 0. The van der Waals surface area contributed by atoms with Crippen LogP contribution in [0.1, 0.15) is 46.0 Å². The molecule has 3 heteroatoms. The van der Waals surface area contributed by atoms with Gasteiger partial charge in [-0.2, -0.15) is 12.6 Å². The Kier molecular flexibility index (Phi) is 13.0. The Morgan fingerprint density at radius 3 is 1.86 bits per heavy atom. The highest BCUT2D eigenvalue weighted by atomic mass is 32.2. The average Bonchev–Trinajstić information content (AvgIpc) is 2.18. The summed E-state index contributed by atoms with van der Waals surface area (Å²) in [5.41, 5.74) is 0. The fourth-order valence-electron chi connectivity index (χ4n) is 1.04. The Bertz CT molecular complexity index is 96.7. The fraction of sp³-hybridized carbons (Fsp3) is 1.00. The third-order valence-corrected chi connectivity index (χ3v) is 5.31. The molecule has 0 saturated carbocycles. The molecule has 0 atom stereocenters. The monoisotopic (exact) mass is 252 g/mol. The van der Waals surface area contributed by atoms with Crippen molar-refractivity contribution in [3.05, 3.63) is 0 Å². The molecular formula is C11H24S3. The fourth-order valence-corrected chi connectivity index (χ4v) is 4.61. The van der Waals surface area contributed by atoms with Crippen molar-refractivity contribution in [2.75, 3.05) is 17.3 Å². The van der Waals surface area contributed by atoms with Gasteiger partial charge in [0.05, 0.1) is 4.58 Å². The Morgan fingerprint density at radius 2 is 1.50 bits per heavy atom.